The van der Waals surface area contributed by atoms with Crippen LogP contribution in [0.3, 0.4) is 0 Å². The smallest absolute Gasteiger partial charge is 0.234 e. The Hall–Kier alpha value is -2.71. The number of carbonyl (C=O) groups excluding carboxylic acids is 1. The molecule has 0 aliphatic heterocycles. The van der Waals surface area contributed by atoms with Crippen molar-refractivity contribution in [3.05, 3.63) is 41.4 Å². The van der Waals surface area contributed by atoms with Crippen molar-refractivity contribution in [2.24, 2.45) is 0 Å². The number of anilines is 2. The Morgan fingerprint density at radius 1 is 1.14 bits per heavy atom. The second-order valence-electron chi connectivity index (χ2n) is 5.93. The Morgan fingerprint density at radius 2 is 1.90 bits per heavy atom. The van der Waals surface area contributed by atoms with Crippen LogP contribution in [-0.2, 0) is 4.79 Å². The predicted octanol–water partition coefficient (Wildman–Crippen LogP) is 4.46. The summed E-state index contributed by atoms with van der Waals surface area (Å²) in [6, 6.07) is 11.0. The highest BCUT2D eigenvalue weighted by molar-refractivity contribution is 7.99. The van der Waals surface area contributed by atoms with Crippen LogP contribution in [0.15, 0.2) is 41.6 Å². The number of thioether (sulfide) groups is 1. The zero-order valence-corrected chi connectivity index (χ0v) is 17.9. The summed E-state index contributed by atoms with van der Waals surface area (Å²) in [5, 5.41) is 7.93. The largest absolute Gasteiger partial charge is 0.495 e. The van der Waals surface area contributed by atoms with Gasteiger partial charge in [0.25, 0.3) is 0 Å². The normalized spacial score (nSPS) is 10.6. The third-order valence-electron chi connectivity index (χ3n) is 4.01. The Labute approximate surface area is 178 Å². The lowest BCUT2D eigenvalue weighted by Crippen LogP contribution is -2.15. The summed E-state index contributed by atoms with van der Waals surface area (Å²) in [5.74, 6) is 1.57. The van der Waals surface area contributed by atoms with Gasteiger partial charge in [0.05, 0.1) is 36.2 Å². The number of halogens is 1. The highest BCUT2D eigenvalue weighted by Crippen LogP contribution is 2.36. The predicted molar refractivity (Wildman–Crippen MR) is 118 cm³/mol. The van der Waals surface area contributed by atoms with Gasteiger partial charge in [-0.1, -0.05) is 35.5 Å². The molecule has 2 N–H and O–H groups in total. The van der Waals surface area contributed by atoms with Crippen molar-refractivity contribution in [1.82, 2.24) is 9.97 Å². The van der Waals surface area contributed by atoms with E-state index < -0.39 is 0 Å². The van der Waals surface area contributed by atoms with Crippen LogP contribution < -0.4 is 20.1 Å². The number of carbonyl (C=O) groups is 1. The monoisotopic (exact) mass is 432 g/mol. The van der Waals surface area contributed by atoms with Gasteiger partial charge in [-0.05, 0) is 19.1 Å². The molecule has 152 valence electrons. The van der Waals surface area contributed by atoms with Gasteiger partial charge in [0.15, 0.2) is 5.16 Å². The van der Waals surface area contributed by atoms with E-state index in [2.05, 4.69) is 20.6 Å². The molecule has 1 amide bonds. The molecule has 7 nitrogen and oxygen atoms in total. The van der Waals surface area contributed by atoms with Crippen molar-refractivity contribution in [2.45, 2.75) is 12.1 Å². The zero-order valence-electron chi connectivity index (χ0n) is 16.3. The summed E-state index contributed by atoms with van der Waals surface area (Å²) >= 11 is 7.36. The van der Waals surface area contributed by atoms with E-state index in [1.165, 1.54) is 26.0 Å². The second-order valence-corrected chi connectivity index (χ2v) is 7.28. The van der Waals surface area contributed by atoms with Crippen molar-refractivity contribution < 1.29 is 14.3 Å². The van der Waals surface area contributed by atoms with Crippen LogP contribution in [0.4, 0.5) is 11.5 Å². The Kier molecular flexibility index (Phi) is 7.00. The molecular formula is C20H21ClN4O3S. The maximum atomic E-state index is 12.5. The standard InChI is InChI=1S/C20H21ClN4O3S/c1-4-22-19-12-7-5-6-8-14(12)24-20(25-19)29-11-18(26)23-15-10-16(27-2)13(21)9-17(15)28-3/h5-10H,4,11H2,1-3H3,(H,23,26)(H,22,24,25). The molecular weight excluding hydrogens is 412 g/mol. The number of nitrogens with zero attached hydrogens (tertiary/aromatic N) is 2. The van der Waals surface area contributed by atoms with Crippen LogP contribution in [0.5, 0.6) is 11.5 Å². The molecule has 0 radical (unpaired) electrons. The molecule has 0 aliphatic carbocycles. The van der Waals surface area contributed by atoms with Gasteiger partial charge >= 0.3 is 0 Å². The van der Waals surface area contributed by atoms with E-state index in [4.69, 9.17) is 21.1 Å². The fourth-order valence-electron chi connectivity index (χ4n) is 2.70. The highest BCUT2D eigenvalue weighted by Gasteiger charge is 2.14. The lowest BCUT2D eigenvalue weighted by atomic mass is 10.2. The van der Waals surface area contributed by atoms with E-state index in [-0.39, 0.29) is 11.7 Å². The highest BCUT2D eigenvalue weighted by atomic mass is 35.5. The Bertz CT molecular complexity index is 1030. The fraction of sp³-hybridized carbons (Fsp3) is 0.250. The third kappa shape index (κ3) is 5.02. The molecule has 0 saturated carbocycles. The first-order valence-corrected chi connectivity index (χ1v) is 10.3. The maximum Gasteiger partial charge on any atom is 0.234 e. The van der Waals surface area contributed by atoms with Crippen LogP contribution in [-0.4, -0.2) is 42.4 Å². The number of aromatic nitrogens is 2. The van der Waals surface area contributed by atoms with Gasteiger partial charge in [-0.3, -0.25) is 4.79 Å². The fourth-order valence-corrected chi connectivity index (χ4v) is 3.58. The number of ether oxygens (including phenoxy) is 2. The number of para-hydroxylation sites is 1. The van der Waals surface area contributed by atoms with E-state index >= 15 is 0 Å². The van der Waals surface area contributed by atoms with Crippen molar-refractivity contribution in [2.75, 3.05) is 37.2 Å². The summed E-state index contributed by atoms with van der Waals surface area (Å²) in [6.45, 7) is 2.74. The molecule has 0 atom stereocenters. The molecule has 0 aliphatic rings. The molecule has 0 spiro atoms. The average molecular weight is 433 g/mol. The van der Waals surface area contributed by atoms with Crippen molar-refractivity contribution in [3.8, 4) is 11.5 Å². The summed E-state index contributed by atoms with van der Waals surface area (Å²) in [6.07, 6.45) is 0. The molecule has 29 heavy (non-hydrogen) atoms. The molecule has 1 aromatic heterocycles. The zero-order chi connectivity index (χ0) is 20.8. The minimum atomic E-state index is -0.223. The van der Waals surface area contributed by atoms with Gasteiger partial charge in [0, 0.05) is 24.1 Å². The summed E-state index contributed by atoms with van der Waals surface area (Å²) in [5.41, 5.74) is 1.30. The van der Waals surface area contributed by atoms with Crippen LogP contribution in [0, 0.1) is 0 Å². The van der Waals surface area contributed by atoms with Gasteiger partial charge in [-0.25, -0.2) is 9.97 Å². The van der Waals surface area contributed by atoms with E-state index in [0.717, 1.165) is 23.3 Å². The minimum Gasteiger partial charge on any atom is -0.495 e. The quantitative estimate of drug-likeness (QED) is 0.401. The van der Waals surface area contributed by atoms with Crippen molar-refractivity contribution in [1.29, 1.82) is 0 Å². The molecule has 0 fully saturated rings. The molecule has 0 bridgehead atoms. The Morgan fingerprint density at radius 3 is 2.62 bits per heavy atom. The number of hydrogen-bond acceptors (Lipinski definition) is 7. The van der Waals surface area contributed by atoms with E-state index in [0.29, 0.717) is 27.4 Å². The van der Waals surface area contributed by atoms with E-state index in [1.807, 2.05) is 31.2 Å². The van der Waals surface area contributed by atoms with Crippen molar-refractivity contribution in [3.63, 3.8) is 0 Å². The number of benzene rings is 2. The molecule has 0 unspecified atom stereocenters. The maximum absolute atomic E-state index is 12.5. The van der Waals surface area contributed by atoms with Crippen LogP contribution in [0.1, 0.15) is 6.92 Å². The van der Waals surface area contributed by atoms with Crippen LogP contribution in [0.25, 0.3) is 10.9 Å². The second kappa shape index (κ2) is 9.67. The summed E-state index contributed by atoms with van der Waals surface area (Å²) in [7, 11) is 3.02. The first kappa shape index (κ1) is 21.0. The molecule has 3 rings (SSSR count). The number of methoxy groups -OCH3 is 2. The van der Waals surface area contributed by atoms with Crippen molar-refractivity contribution >= 4 is 51.7 Å². The first-order chi connectivity index (χ1) is 14.0. The molecule has 9 heteroatoms. The van der Waals surface area contributed by atoms with Gasteiger partial charge < -0.3 is 20.1 Å². The first-order valence-electron chi connectivity index (χ1n) is 8.90. The van der Waals surface area contributed by atoms with Crippen LogP contribution >= 0.6 is 23.4 Å². The average Bonchev–Trinajstić information content (AvgIpc) is 2.73. The topological polar surface area (TPSA) is 85.4 Å². The van der Waals surface area contributed by atoms with Gasteiger partial charge in [0.1, 0.15) is 17.3 Å². The summed E-state index contributed by atoms with van der Waals surface area (Å²) < 4.78 is 10.5. The van der Waals surface area contributed by atoms with Gasteiger partial charge in [-0.15, -0.1) is 0 Å². The summed E-state index contributed by atoms with van der Waals surface area (Å²) in [4.78, 5) is 21.6. The number of rotatable bonds is 8. The molecule has 2 aromatic carbocycles. The minimum absolute atomic E-state index is 0.137. The number of hydrogen-bond donors (Lipinski definition) is 2. The van der Waals surface area contributed by atoms with E-state index in [1.54, 1.807) is 12.1 Å². The number of amides is 1. The third-order valence-corrected chi connectivity index (χ3v) is 5.15. The molecule has 3 aromatic rings. The molecule has 1 heterocycles. The van der Waals surface area contributed by atoms with Gasteiger partial charge in [0.2, 0.25) is 5.91 Å². The van der Waals surface area contributed by atoms with Gasteiger partial charge in [-0.2, -0.15) is 0 Å². The SMILES string of the molecule is CCNc1nc(SCC(=O)Nc2cc(OC)c(Cl)cc2OC)nc2ccccc12. The lowest BCUT2D eigenvalue weighted by Gasteiger charge is -2.13. The Balaban J connectivity index is 1.74. The lowest BCUT2D eigenvalue weighted by molar-refractivity contribution is -0.113. The van der Waals surface area contributed by atoms with E-state index in [9.17, 15) is 4.79 Å². The number of nitrogens with one attached hydrogen (secondary N) is 2. The number of fused-ring (bicyclic) bond motifs is 1. The van der Waals surface area contributed by atoms with Crippen LogP contribution in [0.2, 0.25) is 5.02 Å². The molecule has 0 saturated heterocycles.